The van der Waals surface area contributed by atoms with Crippen LogP contribution in [-0.4, -0.2) is 54.9 Å². The first kappa shape index (κ1) is 26.2. The topological polar surface area (TPSA) is 115 Å². The third-order valence-electron chi connectivity index (χ3n) is 5.87. The number of Topliss-reactive ketones (excluding diaryl/α,β-unsaturated/α-hetero) is 1. The van der Waals surface area contributed by atoms with Gasteiger partial charge in [-0.15, -0.1) is 0 Å². The number of ether oxygens (including phenoxy) is 1. The van der Waals surface area contributed by atoms with Gasteiger partial charge in [-0.2, -0.15) is 0 Å². The number of carbonyl (C=O) groups is 4. The number of carbonyl (C=O) groups excluding carboxylic acids is 4. The molecular weight excluding hydrogens is 518 g/mol. The molecule has 1 aliphatic heterocycles. The highest BCUT2D eigenvalue weighted by Crippen LogP contribution is 2.29. The Kier molecular flexibility index (Phi) is 7.56. The molecule has 0 spiro atoms. The highest BCUT2D eigenvalue weighted by atomic mass is 35.5. The molecule has 1 aliphatic rings. The Labute approximate surface area is 218 Å². The minimum atomic E-state index is -3.57. The second-order valence-electron chi connectivity index (χ2n) is 8.56. The molecule has 0 saturated heterocycles. The fourth-order valence-corrected chi connectivity index (χ4v) is 4.81. The maximum atomic E-state index is 13.5. The van der Waals surface area contributed by atoms with Crippen molar-refractivity contribution in [1.82, 2.24) is 4.90 Å². The number of sulfone groups is 1. The first-order valence-electron chi connectivity index (χ1n) is 11.3. The van der Waals surface area contributed by atoms with Crippen molar-refractivity contribution in [2.75, 3.05) is 12.0 Å². The predicted molar refractivity (Wildman–Crippen MR) is 136 cm³/mol. The number of hydrogen-bond donors (Lipinski definition) is 0. The van der Waals surface area contributed by atoms with Gasteiger partial charge in [-0.05, 0) is 42.8 Å². The summed E-state index contributed by atoms with van der Waals surface area (Å²) in [6, 6.07) is 18.7. The van der Waals surface area contributed by atoms with Gasteiger partial charge in [0.25, 0.3) is 11.8 Å². The van der Waals surface area contributed by atoms with Crippen molar-refractivity contribution in [1.29, 1.82) is 0 Å². The third kappa shape index (κ3) is 5.79. The molecule has 37 heavy (non-hydrogen) atoms. The molecule has 10 heteroatoms. The molecule has 0 aromatic heterocycles. The quantitative estimate of drug-likeness (QED) is 0.230. The van der Waals surface area contributed by atoms with Gasteiger partial charge in [0.15, 0.2) is 6.10 Å². The van der Waals surface area contributed by atoms with E-state index >= 15 is 0 Å². The molecule has 3 aromatic carbocycles. The maximum Gasteiger partial charge on any atom is 0.330 e. The van der Waals surface area contributed by atoms with E-state index in [0.29, 0.717) is 15.5 Å². The van der Waals surface area contributed by atoms with Crippen molar-refractivity contribution >= 4 is 45.0 Å². The Morgan fingerprint density at radius 1 is 0.865 bits per heavy atom. The molecule has 2 amide bonds. The van der Waals surface area contributed by atoms with Gasteiger partial charge in [-0.1, -0.05) is 54.1 Å². The molecule has 0 saturated carbocycles. The number of rotatable bonds is 9. The van der Waals surface area contributed by atoms with E-state index in [1.54, 1.807) is 42.5 Å². The number of halogens is 1. The standard InChI is InChI=1S/C27H22ClNO7S/c1-37(34,35)16-15-22(29-25(31)20-9-5-6-10-21(20)26(29)32)27(33)36-24(18-7-3-2-4-8-18)23(30)17-11-13-19(28)14-12-17/h2-14,22,24H,15-16H2,1H3/t22-,24+/m0/s1. The van der Waals surface area contributed by atoms with Crippen molar-refractivity contribution in [3.8, 4) is 0 Å². The van der Waals surface area contributed by atoms with Gasteiger partial charge in [0, 0.05) is 22.4 Å². The number of esters is 1. The van der Waals surface area contributed by atoms with Gasteiger partial charge in [-0.25, -0.2) is 13.2 Å². The Morgan fingerprint density at radius 2 is 1.41 bits per heavy atom. The minimum Gasteiger partial charge on any atom is -0.447 e. The van der Waals surface area contributed by atoms with Gasteiger partial charge in [0.05, 0.1) is 16.9 Å². The van der Waals surface area contributed by atoms with Crippen molar-refractivity contribution in [2.45, 2.75) is 18.6 Å². The van der Waals surface area contributed by atoms with Crippen LogP contribution in [0.25, 0.3) is 0 Å². The van der Waals surface area contributed by atoms with E-state index in [4.69, 9.17) is 16.3 Å². The number of hydrogen-bond acceptors (Lipinski definition) is 7. The first-order valence-corrected chi connectivity index (χ1v) is 13.7. The molecule has 190 valence electrons. The Balaban J connectivity index is 1.70. The fraction of sp³-hybridized carbons (Fsp3) is 0.185. The van der Waals surface area contributed by atoms with E-state index in [1.165, 1.54) is 36.4 Å². The molecule has 2 atom stereocenters. The lowest BCUT2D eigenvalue weighted by Crippen LogP contribution is -2.47. The average molecular weight is 540 g/mol. The molecule has 0 N–H and O–H groups in total. The maximum absolute atomic E-state index is 13.5. The summed E-state index contributed by atoms with van der Waals surface area (Å²) in [5.74, 6) is -3.59. The summed E-state index contributed by atoms with van der Waals surface area (Å²) in [6.07, 6.45) is -0.820. The zero-order valence-corrected chi connectivity index (χ0v) is 21.2. The van der Waals surface area contributed by atoms with Gasteiger partial charge < -0.3 is 4.74 Å². The largest absolute Gasteiger partial charge is 0.447 e. The lowest BCUT2D eigenvalue weighted by Gasteiger charge is -2.27. The zero-order valence-electron chi connectivity index (χ0n) is 19.7. The molecule has 8 nitrogen and oxygen atoms in total. The van der Waals surface area contributed by atoms with Crippen LogP contribution in [0.1, 0.15) is 49.2 Å². The second-order valence-corrected chi connectivity index (χ2v) is 11.3. The predicted octanol–water partition coefficient (Wildman–Crippen LogP) is 3.91. The summed E-state index contributed by atoms with van der Waals surface area (Å²) < 4.78 is 29.5. The van der Waals surface area contributed by atoms with Crippen LogP contribution in [-0.2, 0) is 19.4 Å². The molecule has 1 heterocycles. The monoisotopic (exact) mass is 539 g/mol. The summed E-state index contributed by atoms with van der Waals surface area (Å²) in [5, 5.41) is 0.413. The van der Waals surface area contributed by atoms with Crippen LogP contribution in [0.15, 0.2) is 78.9 Å². The number of imide groups is 1. The molecule has 0 radical (unpaired) electrons. The second kappa shape index (κ2) is 10.7. The number of nitrogens with zero attached hydrogens (tertiary/aromatic N) is 1. The summed E-state index contributed by atoms with van der Waals surface area (Å²) in [4.78, 5) is 53.8. The number of amides is 2. The SMILES string of the molecule is CS(=O)(=O)CC[C@@H](C(=O)O[C@@H](C(=O)c1ccc(Cl)cc1)c1ccccc1)N1C(=O)c2ccccc2C1=O. The third-order valence-corrected chi connectivity index (χ3v) is 7.10. The van der Waals surface area contributed by atoms with Gasteiger partial charge >= 0.3 is 5.97 Å². The van der Waals surface area contributed by atoms with Gasteiger partial charge in [0.2, 0.25) is 5.78 Å². The number of ketones is 1. The van der Waals surface area contributed by atoms with Crippen molar-refractivity contribution < 1.29 is 32.3 Å². The average Bonchev–Trinajstić information content (AvgIpc) is 3.13. The molecule has 0 unspecified atom stereocenters. The fourth-order valence-electron chi connectivity index (χ4n) is 4.03. The molecule has 4 rings (SSSR count). The van der Waals surface area contributed by atoms with E-state index < -0.39 is 51.3 Å². The number of benzene rings is 3. The summed E-state index contributed by atoms with van der Waals surface area (Å²) in [7, 11) is -3.57. The van der Waals surface area contributed by atoms with Crippen LogP contribution in [0.4, 0.5) is 0 Å². The molecule has 3 aromatic rings. The molecular formula is C27H22ClNO7S. The first-order chi connectivity index (χ1) is 17.6. The van der Waals surface area contributed by atoms with Crippen molar-refractivity contribution in [2.24, 2.45) is 0 Å². The van der Waals surface area contributed by atoms with E-state index in [0.717, 1.165) is 6.26 Å². The van der Waals surface area contributed by atoms with Crippen LogP contribution < -0.4 is 0 Å². The van der Waals surface area contributed by atoms with Gasteiger partial charge in [-0.3, -0.25) is 19.3 Å². The lowest BCUT2D eigenvalue weighted by molar-refractivity contribution is -0.152. The highest BCUT2D eigenvalue weighted by Gasteiger charge is 2.44. The van der Waals surface area contributed by atoms with E-state index in [9.17, 15) is 27.6 Å². The summed E-state index contributed by atoms with van der Waals surface area (Å²) >= 11 is 5.93. The molecule has 0 fully saturated rings. The van der Waals surface area contributed by atoms with Crippen LogP contribution in [0, 0.1) is 0 Å². The Hall–Kier alpha value is -3.82. The van der Waals surface area contributed by atoms with Crippen molar-refractivity contribution in [3.05, 3.63) is 106 Å². The molecule has 0 bridgehead atoms. The number of fused-ring (bicyclic) bond motifs is 1. The van der Waals surface area contributed by atoms with E-state index in [-0.39, 0.29) is 23.1 Å². The van der Waals surface area contributed by atoms with Crippen LogP contribution in [0.2, 0.25) is 5.02 Å². The molecule has 0 aliphatic carbocycles. The zero-order chi connectivity index (χ0) is 26.7. The van der Waals surface area contributed by atoms with Crippen LogP contribution in [0.3, 0.4) is 0 Å². The summed E-state index contributed by atoms with van der Waals surface area (Å²) in [6.45, 7) is 0. The van der Waals surface area contributed by atoms with E-state index in [2.05, 4.69) is 0 Å². The minimum absolute atomic E-state index is 0.0986. The van der Waals surface area contributed by atoms with Crippen molar-refractivity contribution in [3.63, 3.8) is 0 Å². The highest BCUT2D eigenvalue weighted by molar-refractivity contribution is 7.90. The summed E-state index contributed by atoms with van der Waals surface area (Å²) in [5.41, 5.74) is 0.780. The van der Waals surface area contributed by atoms with E-state index in [1.807, 2.05) is 0 Å². The van der Waals surface area contributed by atoms with Crippen LogP contribution >= 0.6 is 11.6 Å². The van der Waals surface area contributed by atoms with Gasteiger partial charge in [0.1, 0.15) is 15.9 Å². The normalized spacial score (nSPS) is 14.7. The smallest absolute Gasteiger partial charge is 0.330 e. The Morgan fingerprint density at radius 3 is 1.95 bits per heavy atom. The Bertz CT molecular complexity index is 1440. The lowest BCUT2D eigenvalue weighted by atomic mass is 9.99. The van der Waals surface area contributed by atoms with Crippen LogP contribution in [0.5, 0.6) is 0 Å².